The molecule has 1 aromatic heterocycles. The van der Waals surface area contributed by atoms with E-state index in [9.17, 15) is 0 Å². The minimum absolute atomic E-state index is 0.741. The van der Waals surface area contributed by atoms with Crippen LogP contribution in [-0.2, 0) is 0 Å². The normalized spacial score (nSPS) is 11.0. The van der Waals surface area contributed by atoms with E-state index >= 15 is 0 Å². The second kappa shape index (κ2) is 8.63. The van der Waals surface area contributed by atoms with Crippen LogP contribution in [0.25, 0.3) is 11.3 Å². The molecule has 4 nitrogen and oxygen atoms in total. The topological polar surface area (TPSA) is 46.5 Å². The Balaban J connectivity index is 1.67. The molecule has 5 heteroatoms. The SMILES string of the molecule is CCCOc1c(C)cc(C=NNc2nc(-c3ccccc3)cs2)cc1C. The summed E-state index contributed by atoms with van der Waals surface area (Å²) < 4.78 is 5.82. The van der Waals surface area contributed by atoms with Gasteiger partial charge in [0.2, 0.25) is 5.13 Å². The van der Waals surface area contributed by atoms with E-state index in [2.05, 4.69) is 60.5 Å². The van der Waals surface area contributed by atoms with E-state index in [0.29, 0.717) is 0 Å². The lowest BCUT2D eigenvalue weighted by molar-refractivity contribution is 0.313. The highest BCUT2D eigenvalue weighted by Gasteiger charge is 2.06. The van der Waals surface area contributed by atoms with Crippen LogP contribution in [0.15, 0.2) is 52.9 Å². The molecule has 0 aliphatic carbocycles. The lowest BCUT2D eigenvalue weighted by Gasteiger charge is -2.12. The Labute approximate surface area is 158 Å². The zero-order valence-corrected chi connectivity index (χ0v) is 16.1. The molecular formula is C21H23N3OS. The fourth-order valence-electron chi connectivity index (χ4n) is 2.72. The maximum absolute atomic E-state index is 5.82. The van der Waals surface area contributed by atoms with Crippen molar-refractivity contribution in [3.8, 4) is 17.0 Å². The maximum atomic E-state index is 5.82. The van der Waals surface area contributed by atoms with Crippen LogP contribution in [0.3, 0.4) is 0 Å². The van der Waals surface area contributed by atoms with Gasteiger partial charge in [-0.15, -0.1) is 11.3 Å². The quantitative estimate of drug-likeness (QED) is 0.434. The van der Waals surface area contributed by atoms with Crippen molar-refractivity contribution in [2.45, 2.75) is 27.2 Å². The van der Waals surface area contributed by atoms with Crippen molar-refractivity contribution in [3.63, 3.8) is 0 Å². The molecule has 0 amide bonds. The van der Waals surface area contributed by atoms with E-state index in [1.807, 2.05) is 29.8 Å². The molecule has 1 N–H and O–H groups in total. The molecule has 2 aromatic carbocycles. The van der Waals surface area contributed by atoms with Crippen LogP contribution in [-0.4, -0.2) is 17.8 Å². The van der Waals surface area contributed by atoms with E-state index in [-0.39, 0.29) is 0 Å². The lowest BCUT2D eigenvalue weighted by Crippen LogP contribution is -2.00. The molecule has 0 saturated carbocycles. The summed E-state index contributed by atoms with van der Waals surface area (Å²) >= 11 is 1.54. The van der Waals surface area contributed by atoms with Gasteiger partial charge in [0.15, 0.2) is 0 Å². The molecule has 0 unspecified atom stereocenters. The van der Waals surface area contributed by atoms with Crippen LogP contribution >= 0.6 is 11.3 Å². The van der Waals surface area contributed by atoms with Gasteiger partial charge in [0.05, 0.1) is 18.5 Å². The summed E-state index contributed by atoms with van der Waals surface area (Å²) in [5, 5.41) is 7.13. The summed E-state index contributed by atoms with van der Waals surface area (Å²) in [6.07, 6.45) is 2.82. The van der Waals surface area contributed by atoms with Crippen molar-refractivity contribution in [2.24, 2.45) is 5.10 Å². The van der Waals surface area contributed by atoms with Crippen molar-refractivity contribution < 1.29 is 4.74 Å². The van der Waals surface area contributed by atoms with E-state index < -0.39 is 0 Å². The third kappa shape index (κ3) is 4.49. The van der Waals surface area contributed by atoms with Crippen LogP contribution in [0.5, 0.6) is 5.75 Å². The molecule has 26 heavy (non-hydrogen) atoms. The predicted molar refractivity (Wildman–Crippen MR) is 110 cm³/mol. The van der Waals surface area contributed by atoms with Crippen LogP contribution < -0.4 is 10.2 Å². The molecule has 0 atom stereocenters. The second-order valence-corrected chi connectivity index (χ2v) is 6.96. The van der Waals surface area contributed by atoms with Gasteiger partial charge in [-0.1, -0.05) is 37.3 Å². The number of hydrogen-bond donors (Lipinski definition) is 1. The lowest BCUT2D eigenvalue weighted by atomic mass is 10.1. The Bertz CT molecular complexity index is 864. The number of ether oxygens (including phenoxy) is 1. The van der Waals surface area contributed by atoms with Gasteiger partial charge in [0, 0.05) is 10.9 Å². The van der Waals surface area contributed by atoms with Gasteiger partial charge in [-0.2, -0.15) is 5.10 Å². The highest BCUT2D eigenvalue weighted by atomic mass is 32.1. The maximum Gasteiger partial charge on any atom is 0.203 e. The summed E-state index contributed by atoms with van der Waals surface area (Å²) in [6.45, 7) is 6.98. The van der Waals surface area contributed by atoms with Gasteiger partial charge in [0.25, 0.3) is 0 Å². The number of thiazole rings is 1. The zero-order chi connectivity index (χ0) is 18.4. The number of hydrazone groups is 1. The first-order chi connectivity index (χ1) is 12.7. The summed E-state index contributed by atoms with van der Waals surface area (Å²) in [5.74, 6) is 0.976. The molecular weight excluding hydrogens is 342 g/mol. The number of anilines is 1. The molecule has 3 rings (SSSR count). The monoisotopic (exact) mass is 365 g/mol. The summed E-state index contributed by atoms with van der Waals surface area (Å²) in [5.41, 5.74) is 8.37. The molecule has 0 fully saturated rings. The van der Waals surface area contributed by atoms with Crippen molar-refractivity contribution in [2.75, 3.05) is 12.0 Å². The van der Waals surface area contributed by atoms with Crippen LogP contribution in [0.4, 0.5) is 5.13 Å². The van der Waals surface area contributed by atoms with E-state index in [4.69, 9.17) is 4.74 Å². The average Bonchev–Trinajstić information content (AvgIpc) is 3.11. The standard InChI is InChI=1S/C21H23N3OS/c1-4-10-25-20-15(2)11-17(12-16(20)3)13-22-24-21-23-19(14-26-21)18-8-6-5-7-9-18/h5-9,11-14H,4,10H2,1-3H3,(H,23,24). The molecule has 0 aliphatic heterocycles. The Morgan fingerprint density at radius 2 is 1.88 bits per heavy atom. The third-order valence-corrected chi connectivity index (χ3v) is 4.63. The number of benzene rings is 2. The van der Waals surface area contributed by atoms with E-state index in [1.165, 1.54) is 0 Å². The van der Waals surface area contributed by atoms with Crippen molar-refractivity contribution in [1.82, 2.24) is 4.98 Å². The van der Waals surface area contributed by atoms with Crippen LogP contribution in [0.2, 0.25) is 0 Å². The van der Waals surface area contributed by atoms with E-state index in [1.54, 1.807) is 11.3 Å². The average molecular weight is 366 g/mol. The number of aryl methyl sites for hydroxylation is 2. The zero-order valence-electron chi connectivity index (χ0n) is 15.3. The summed E-state index contributed by atoms with van der Waals surface area (Å²) in [7, 11) is 0. The summed E-state index contributed by atoms with van der Waals surface area (Å²) in [6, 6.07) is 14.3. The number of hydrogen-bond acceptors (Lipinski definition) is 5. The first-order valence-electron chi connectivity index (χ1n) is 8.71. The number of nitrogens with one attached hydrogen (secondary N) is 1. The minimum Gasteiger partial charge on any atom is -0.493 e. The van der Waals surface area contributed by atoms with Crippen molar-refractivity contribution in [1.29, 1.82) is 0 Å². The van der Waals surface area contributed by atoms with Crippen LogP contribution in [0.1, 0.15) is 30.0 Å². The van der Waals surface area contributed by atoms with Gasteiger partial charge in [-0.05, 0) is 49.1 Å². The molecule has 0 saturated heterocycles. The van der Waals surface area contributed by atoms with Crippen LogP contribution in [0, 0.1) is 13.8 Å². The molecule has 0 spiro atoms. The van der Waals surface area contributed by atoms with Gasteiger partial charge in [-0.25, -0.2) is 4.98 Å². The van der Waals surface area contributed by atoms with E-state index in [0.717, 1.165) is 51.9 Å². The predicted octanol–water partition coefficient (Wildman–Crippen LogP) is 5.66. The Hall–Kier alpha value is -2.66. The minimum atomic E-state index is 0.741. The molecule has 0 radical (unpaired) electrons. The van der Waals surface area contributed by atoms with Gasteiger partial charge in [0.1, 0.15) is 5.75 Å². The largest absolute Gasteiger partial charge is 0.493 e. The van der Waals surface area contributed by atoms with Gasteiger partial charge in [-0.3, -0.25) is 5.43 Å². The molecule has 134 valence electrons. The van der Waals surface area contributed by atoms with Crippen molar-refractivity contribution in [3.05, 3.63) is 64.5 Å². The Morgan fingerprint density at radius 1 is 1.15 bits per heavy atom. The fraction of sp³-hybridized carbons (Fsp3) is 0.238. The third-order valence-electron chi connectivity index (χ3n) is 3.88. The number of aromatic nitrogens is 1. The smallest absolute Gasteiger partial charge is 0.203 e. The molecule has 0 aliphatic rings. The highest BCUT2D eigenvalue weighted by molar-refractivity contribution is 7.14. The summed E-state index contributed by atoms with van der Waals surface area (Å²) in [4.78, 5) is 4.57. The first-order valence-corrected chi connectivity index (χ1v) is 9.59. The highest BCUT2D eigenvalue weighted by Crippen LogP contribution is 2.26. The molecule has 0 bridgehead atoms. The first kappa shape index (κ1) is 18.1. The fourth-order valence-corrected chi connectivity index (χ4v) is 3.39. The number of rotatable bonds is 7. The number of nitrogens with zero attached hydrogens (tertiary/aromatic N) is 2. The molecule has 1 heterocycles. The van der Waals surface area contributed by atoms with Crippen molar-refractivity contribution >= 4 is 22.7 Å². The Morgan fingerprint density at radius 3 is 2.58 bits per heavy atom. The van der Waals surface area contributed by atoms with Gasteiger partial charge < -0.3 is 4.74 Å². The van der Waals surface area contributed by atoms with Gasteiger partial charge >= 0.3 is 0 Å². The second-order valence-electron chi connectivity index (χ2n) is 6.11. The molecule has 3 aromatic rings. The Kier molecular flexibility index (Phi) is 6.02.